The maximum atomic E-state index is 6.14. The van der Waals surface area contributed by atoms with Gasteiger partial charge < -0.3 is 20.9 Å². The van der Waals surface area contributed by atoms with Crippen molar-refractivity contribution >= 4 is 17.8 Å². The normalized spacial score (nSPS) is 18.9. The minimum absolute atomic E-state index is 0.133. The van der Waals surface area contributed by atoms with Crippen LogP contribution in [0.5, 0.6) is 0 Å². The third-order valence-corrected chi connectivity index (χ3v) is 5.64. The van der Waals surface area contributed by atoms with Gasteiger partial charge in [0.05, 0.1) is 6.04 Å². The van der Waals surface area contributed by atoms with Crippen LogP contribution < -0.4 is 16.0 Å². The minimum atomic E-state index is 0.133. The van der Waals surface area contributed by atoms with E-state index in [9.17, 15) is 0 Å². The number of nitrogen functional groups attached to an aromatic ring is 1. The fourth-order valence-corrected chi connectivity index (χ4v) is 3.96. The summed E-state index contributed by atoms with van der Waals surface area (Å²) in [7, 11) is 0. The van der Waals surface area contributed by atoms with Crippen molar-refractivity contribution in [1.29, 1.82) is 0 Å². The molecule has 1 atom stereocenters. The largest absolute Gasteiger partial charge is 0.372 e. The number of aromatic nitrogens is 5. The van der Waals surface area contributed by atoms with Crippen LogP contribution in [0.3, 0.4) is 0 Å². The summed E-state index contributed by atoms with van der Waals surface area (Å²) in [4.78, 5) is 18.0. The van der Waals surface area contributed by atoms with Crippen molar-refractivity contribution in [3.05, 3.63) is 36.2 Å². The molecule has 4 rings (SSSR count). The Morgan fingerprint density at radius 3 is 2.67 bits per heavy atom. The molecule has 30 heavy (non-hydrogen) atoms. The standard InChI is InChI=1S/C21H31N9/c1-3-28(4-2)17-10-8-16(9-11-17)24-20-26-19(22)30(27-20)18-12-13-23-21(25-18)29-14-6-5-7-15-29/h8,10-13,16H,3-7,9,14-15H2,1-2H3,(H3,22,24,26,27). The Kier molecular flexibility index (Phi) is 6.15. The smallest absolute Gasteiger partial charge is 0.244 e. The number of piperidine rings is 1. The highest BCUT2D eigenvalue weighted by Gasteiger charge is 2.18. The summed E-state index contributed by atoms with van der Waals surface area (Å²) < 4.78 is 1.57. The van der Waals surface area contributed by atoms with Gasteiger partial charge in [0.15, 0.2) is 5.82 Å². The molecule has 2 aromatic rings. The maximum Gasteiger partial charge on any atom is 0.244 e. The Morgan fingerprint density at radius 2 is 1.97 bits per heavy atom. The lowest BCUT2D eigenvalue weighted by molar-refractivity contribution is 0.391. The van der Waals surface area contributed by atoms with Crippen LogP contribution in [0.4, 0.5) is 17.8 Å². The summed E-state index contributed by atoms with van der Waals surface area (Å²) in [5.74, 6) is 2.16. The molecule has 1 unspecified atom stereocenters. The lowest BCUT2D eigenvalue weighted by Crippen LogP contribution is -2.31. The van der Waals surface area contributed by atoms with Crippen LogP contribution in [0, 0.1) is 0 Å². The SMILES string of the molecule is CCN(CC)C1=CCC(Nc2nc(N)n(-c3ccnc(N4CCCCC4)n3)n2)C=C1. The summed E-state index contributed by atoms with van der Waals surface area (Å²) >= 11 is 0. The first-order valence-electron chi connectivity index (χ1n) is 10.9. The lowest BCUT2D eigenvalue weighted by atomic mass is 10.1. The van der Waals surface area contributed by atoms with Crippen molar-refractivity contribution in [2.45, 2.75) is 45.6 Å². The minimum Gasteiger partial charge on any atom is -0.372 e. The van der Waals surface area contributed by atoms with E-state index < -0.39 is 0 Å². The van der Waals surface area contributed by atoms with Crippen LogP contribution >= 0.6 is 0 Å². The monoisotopic (exact) mass is 409 g/mol. The second-order valence-corrected chi connectivity index (χ2v) is 7.61. The Bertz CT molecular complexity index is 907. The van der Waals surface area contributed by atoms with E-state index in [0.29, 0.717) is 17.7 Å². The molecular formula is C21H31N9. The summed E-state index contributed by atoms with van der Waals surface area (Å²) in [5, 5.41) is 7.90. The van der Waals surface area contributed by atoms with Gasteiger partial charge in [-0.1, -0.05) is 12.2 Å². The molecule has 1 fully saturated rings. The molecule has 1 aliphatic carbocycles. The van der Waals surface area contributed by atoms with E-state index in [1.54, 1.807) is 10.9 Å². The zero-order valence-electron chi connectivity index (χ0n) is 17.8. The van der Waals surface area contributed by atoms with Gasteiger partial charge >= 0.3 is 0 Å². The Hall–Kier alpha value is -3.10. The maximum absolute atomic E-state index is 6.14. The highest BCUT2D eigenvalue weighted by molar-refractivity contribution is 5.43. The second-order valence-electron chi connectivity index (χ2n) is 7.61. The van der Waals surface area contributed by atoms with Crippen LogP contribution in [0.1, 0.15) is 39.5 Å². The summed E-state index contributed by atoms with van der Waals surface area (Å²) in [5.41, 5.74) is 7.41. The van der Waals surface area contributed by atoms with Gasteiger partial charge in [0.2, 0.25) is 17.8 Å². The fourth-order valence-electron chi connectivity index (χ4n) is 3.96. The summed E-state index contributed by atoms with van der Waals surface area (Å²) in [6, 6.07) is 1.94. The van der Waals surface area contributed by atoms with E-state index in [1.807, 2.05) is 6.07 Å². The van der Waals surface area contributed by atoms with Crippen molar-refractivity contribution in [2.75, 3.05) is 42.1 Å². The molecule has 3 heterocycles. The zero-order chi connectivity index (χ0) is 20.9. The first kappa shape index (κ1) is 20.2. The number of rotatable bonds is 7. The fraction of sp³-hybridized carbons (Fsp3) is 0.524. The zero-order valence-corrected chi connectivity index (χ0v) is 17.8. The molecule has 160 valence electrons. The Labute approximate surface area is 177 Å². The highest BCUT2D eigenvalue weighted by atomic mass is 15.4. The molecular weight excluding hydrogens is 378 g/mol. The van der Waals surface area contributed by atoms with Crippen molar-refractivity contribution in [3.63, 3.8) is 0 Å². The van der Waals surface area contributed by atoms with Crippen molar-refractivity contribution in [3.8, 4) is 5.82 Å². The van der Waals surface area contributed by atoms with Gasteiger partial charge in [0, 0.05) is 44.1 Å². The molecule has 2 aliphatic rings. The van der Waals surface area contributed by atoms with Crippen LogP contribution in [0.15, 0.2) is 36.2 Å². The molecule has 3 N–H and O–H groups in total. The molecule has 0 saturated carbocycles. The average molecular weight is 410 g/mol. The predicted molar refractivity (Wildman–Crippen MR) is 120 cm³/mol. The number of hydrogen-bond donors (Lipinski definition) is 2. The molecule has 0 bridgehead atoms. The van der Waals surface area contributed by atoms with E-state index in [-0.39, 0.29) is 6.04 Å². The van der Waals surface area contributed by atoms with Crippen molar-refractivity contribution < 1.29 is 0 Å². The van der Waals surface area contributed by atoms with Gasteiger partial charge in [-0.3, -0.25) is 0 Å². The third kappa shape index (κ3) is 4.39. The first-order valence-corrected chi connectivity index (χ1v) is 10.9. The van der Waals surface area contributed by atoms with Gasteiger partial charge in [-0.25, -0.2) is 4.98 Å². The Morgan fingerprint density at radius 1 is 1.17 bits per heavy atom. The van der Waals surface area contributed by atoms with Crippen LogP contribution in [-0.2, 0) is 0 Å². The molecule has 0 spiro atoms. The molecule has 0 amide bonds. The summed E-state index contributed by atoms with van der Waals surface area (Å²) in [6.07, 6.45) is 12.8. The molecule has 1 saturated heterocycles. The van der Waals surface area contributed by atoms with Gasteiger partial charge in [-0.05, 0) is 45.6 Å². The highest BCUT2D eigenvalue weighted by Crippen LogP contribution is 2.20. The topological polar surface area (TPSA) is 101 Å². The number of hydrogen-bond acceptors (Lipinski definition) is 8. The van der Waals surface area contributed by atoms with Crippen LogP contribution in [0.2, 0.25) is 0 Å². The molecule has 0 aromatic carbocycles. The third-order valence-electron chi connectivity index (χ3n) is 5.64. The van der Waals surface area contributed by atoms with Crippen LogP contribution in [0.25, 0.3) is 5.82 Å². The van der Waals surface area contributed by atoms with Gasteiger partial charge in [0.25, 0.3) is 0 Å². The number of nitrogens with one attached hydrogen (secondary N) is 1. The molecule has 0 radical (unpaired) electrons. The van der Waals surface area contributed by atoms with E-state index in [1.165, 1.54) is 25.0 Å². The second kappa shape index (κ2) is 9.15. The van der Waals surface area contributed by atoms with E-state index in [4.69, 9.17) is 5.73 Å². The molecule has 9 nitrogen and oxygen atoms in total. The molecule has 9 heteroatoms. The number of allylic oxidation sites excluding steroid dienone is 1. The lowest BCUT2D eigenvalue weighted by Gasteiger charge is -2.26. The number of anilines is 3. The van der Waals surface area contributed by atoms with Gasteiger partial charge in [-0.2, -0.15) is 14.6 Å². The number of nitrogens with two attached hydrogens (primary N) is 1. The predicted octanol–water partition coefficient (Wildman–Crippen LogP) is 2.60. The molecule has 1 aliphatic heterocycles. The van der Waals surface area contributed by atoms with Crippen LogP contribution in [-0.4, -0.2) is 61.9 Å². The van der Waals surface area contributed by atoms with Gasteiger partial charge in [-0.15, -0.1) is 5.10 Å². The first-order chi connectivity index (χ1) is 14.7. The van der Waals surface area contributed by atoms with E-state index in [2.05, 4.69) is 67.2 Å². The number of likely N-dealkylation sites (N-methyl/N-ethyl adjacent to an activating group) is 1. The Balaban J connectivity index is 1.45. The van der Waals surface area contributed by atoms with Crippen molar-refractivity contribution in [2.24, 2.45) is 0 Å². The van der Waals surface area contributed by atoms with E-state index in [0.717, 1.165) is 38.5 Å². The average Bonchev–Trinajstić information content (AvgIpc) is 3.16. The van der Waals surface area contributed by atoms with Gasteiger partial charge in [0.1, 0.15) is 0 Å². The van der Waals surface area contributed by atoms with Crippen molar-refractivity contribution in [1.82, 2.24) is 29.6 Å². The van der Waals surface area contributed by atoms with E-state index >= 15 is 0 Å². The quantitative estimate of drug-likeness (QED) is 0.720. The summed E-state index contributed by atoms with van der Waals surface area (Å²) in [6.45, 7) is 8.33. The number of nitrogens with zero attached hydrogens (tertiary/aromatic N) is 7. The molecule has 2 aromatic heterocycles.